The van der Waals surface area contributed by atoms with E-state index in [-0.39, 0.29) is 12.8 Å². The first-order valence-electron chi connectivity index (χ1n) is 6.90. The molecule has 0 amide bonds. The van der Waals surface area contributed by atoms with Gasteiger partial charge < -0.3 is 14.2 Å². The number of hydrogen-bond donors (Lipinski definition) is 0. The monoisotopic (exact) mass is 264 g/mol. The van der Waals surface area contributed by atoms with Crippen molar-refractivity contribution in [1.29, 1.82) is 0 Å². The normalized spacial score (nSPS) is 12.5. The molecule has 0 fully saturated rings. The van der Waals surface area contributed by atoms with E-state index < -0.39 is 0 Å². The van der Waals surface area contributed by atoms with Crippen LogP contribution in [0.3, 0.4) is 0 Å². The molecule has 0 aliphatic carbocycles. The zero-order valence-corrected chi connectivity index (χ0v) is 11.3. The SMILES string of the molecule is CCCCCCCC(=O)Oc1ccc2c(c1)OCO2. The number of unbranched alkanes of at least 4 members (excludes halogenated alkanes) is 4. The van der Waals surface area contributed by atoms with E-state index in [1.54, 1.807) is 18.2 Å². The van der Waals surface area contributed by atoms with Gasteiger partial charge in [0.2, 0.25) is 6.79 Å². The van der Waals surface area contributed by atoms with Crippen LogP contribution in [0.5, 0.6) is 17.2 Å². The Hall–Kier alpha value is -1.71. The van der Waals surface area contributed by atoms with Crippen LogP contribution >= 0.6 is 0 Å². The Kier molecular flexibility index (Phi) is 5.07. The molecule has 0 unspecified atom stereocenters. The van der Waals surface area contributed by atoms with Crippen molar-refractivity contribution < 1.29 is 19.0 Å². The highest BCUT2D eigenvalue weighted by atomic mass is 16.7. The standard InChI is InChI=1S/C15H20O4/c1-2-3-4-5-6-7-15(16)19-12-8-9-13-14(10-12)18-11-17-13/h8-10H,2-7,11H2,1H3. The van der Waals surface area contributed by atoms with Gasteiger partial charge in [0.1, 0.15) is 5.75 Å². The van der Waals surface area contributed by atoms with Crippen LogP contribution in [0, 0.1) is 0 Å². The molecule has 2 rings (SSSR count). The van der Waals surface area contributed by atoms with Gasteiger partial charge in [-0.1, -0.05) is 32.6 Å². The second-order valence-electron chi connectivity index (χ2n) is 4.65. The predicted molar refractivity (Wildman–Crippen MR) is 71.6 cm³/mol. The Labute approximate surface area is 113 Å². The fourth-order valence-corrected chi connectivity index (χ4v) is 2.00. The van der Waals surface area contributed by atoms with E-state index in [1.165, 1.54) is 19.3 Å². The summed E-state index contributed by atoms with van der Waals surface area (Å²) in [6.45, 7) is 2.40. The van der Waals surface area contributed by atoms with E-state index in [0.29, 0.717) is 23.7 Å². The van der Waals surface area contributed by atoms with Gasteiger partial charge in [0.15, 0.2) is 11.5 Å². The summed E-state index contributed by atoms with van der Waals surface area (Å²) in [5.41, 5.74) is 0. The van der Waals surface area contributed by atoms with Gasteiger partial charge >= 0.3 is 5.97 Å². The van der Waals surface area contributed by atoms with E-state index in [1.807, 2.05) is 0 Å². The molecule has 1 heterocycles. The summed E-state index contributed by atoms with van der Waals surface area (Å²) in [7, 11) is 0. The molecule has 0 saturated heterocycles. The van der Waals surface area contributed by atoms with Crippen LogP contribution in [0.15, 0.2) is 18.2 Å². The molecule has 4 heteroatoms. The van der Waals surface area contributed by atoms with Gasteiger partial charge in [-0.2, -0.15) is 0 Å². The van der Waals surface area contributed by atoms with Crippen LogP contribution in [0.2, 0.25) is 0 Å². The molecule has 4 nitrogen and oxygen atoms in total. The molecule has 1 aliphatic rings. The smallest absolute Gasteiger partial charge is 0.311 e. The molecule has 0 radical (unpaired) electrons. The number of rotatable bonds is 7. The minimum atomic E-state index is -0.185. The van der Waals surface area contributed by atoms with Crippen LogP contribution < -0.4 is 14.2 Å². The molecule has 1 aromatic carbocycles. The van der Waals surface area contributed by atoms with Crippen molar-refractivity contribution in [3.05, 3.63) is 18.2 Å². The predicted octanol–water partition coefficient (Wildman–Crippen LogP) is 3.68. The third kappa shape index (κ3) is 4.16. The van der Waals surface area contributed by atoms with Crippen LogP contribution in [0.1, 0.15) is 45.4 Å². The molecule has 0 spiro atoms. The minimum Gasteiger partial charge on any atom is -0.454 e. The molecule has 0 aromatic heterocycles. The van der Waals surface area contributed by atoms with Gasteiger partial charge in [0.05, 0.1) is 0 Å². The first-order chi connectivity index (χ1) is 9.29. The summed E-state index contributed by atoms with van der Waals surface area (Å²) in [6, 6.07) is 5.17. The van der Waals surface area contributed by atoms with Crippen LogP contribution in [-0.2, 0) is 4.79 Å². The second kappa shape index (κ2) is 7.02. The zero-order valence-electron chi connectivity index (χ0n) is 11.3. The van der Waals surface area contributed by atoms with Crippen molar-refractivity contribution in [1.82, 2.24) is 0 Å². The number of ether oxygens (including phenoxy) is 3. The van der Waals surface area contributed by atoms with Crippen molar-refractivity contribution in [2.75, 3.05) is 6.79 Å². The van der Waals surface area contributed by atoms with Gasteiger partial charge in [-0.25, -0.2) is 0 Å². The molecule has 0 atom stereocenters. The summed E-state index contributed by atoms with van der Waals surface area (Å²) in [5, 5.41) is 0. The number of carbonyl (C=O) groups is 1. The average Bonchev–Trinajstić information content (AvgIpc) is 2.86. The first-order valence-corrected chi connectivity index (χ1v) is 6.90. The Bertz CT molecular complexity index is 428. The molecule has 104 valence electrons. The van der Waals surface area contributed by atoms with Crippen LogP contribution in [0.25, 0.3) is 0 Å². The maximum atomic E-state index is 11.7. The molecule has 0 N–H and O–H groups in total. The highest BCUT2D eigenvalue weighted by molar-refractivity contribution is 5.72. The molecule has 1 aliphatic heterocycles. The summed E-state index contributed by atoms with van der Waals surface area (Å²) in [4.78, 5) is 11.7. The fraction of sp³-hybridized carbons (Fsp3) is 0.533. The summed E-state index contributed by atoms with van der Waals surface area (Å²) < 4.78 is 15.7. The lowest BCUT2D eigenvalue weighted by Crippen LogP contribution is -2.07. The van der Waals surface area contributed by atoms with E-state index in [0.717, 1.165) is 12.8 Å². The van der Waals surface area contributed by atoms with Crippen molar-refractivity contribution >= 4 is 5.97 Å². The molecule has 0 bridgehead atoms. The van der Waals surface area contributed by atoms with E-state index >= 15 is 0 Å². The fourth-order valence-electron chi connectivity index (χ4n) is 2.00. The van der Waals surface area contributed by atoms with E-state index in [9.17, 15) is 4.79 Å². The number of fused-ring (bicyclic) bond motifs is 1. The molecule has 19 heavy (non-hydrogen) atoms. The number of hydrogen-bond acceptors (Lipinski definition) is 4. The third-order valence-electron chi connectivity index (χ3n) is 3.06. The number of carbonyl (C=O) groups excluding carboxylic acids is 1. The molecule has 1 aromatic rings. The summed E-state index contributed by atoms with van der Waals surface area (Å²) in [6.07, 6.45) is 6.08. The highest BCUT2D eigenvalue weighted by Crippen LogP contribution is 2.35. The Morgan fingerprint density at radius 3 is 2.79 bits per heavy atom. The lowest BCUT2D eigenvalue weighted by Gasteiger charge is -2.05. The van der Waals surface area contributed by atoms with Crippen molar-refractivity contribution in [2.45, 2.75) is 45.4 Å². The summed E-state index contributed by atoms with van der Waals surface area (Å²) in [5.74, 6) is 1.66. The second-order valence-corrected chi connectivity index (χ2v) is 4.65. The van der Waals surface area contributed by atoms with E-state index in [4.69, 9.17) is 14.2 Å². The van der Waals surface area contributed by atoms with Gasteiger partial charge in [0.25, 0.3) is 0 Å². The van der Waals surface area contributed by atoms with Gasteiger partial charge in [-0.05, 0) is 18.6 Å². The van der Waals surface area contributed by atoms with Crippen molar-refractivity contribution in [3.63, 3.8) is 0 Å². The zero-order chi connectivity index (χ0) is 13.5. The topological polar surface area (TPSA) is 44.8 Å². The third-order valence-corrected chi connectivity index (χ3v) is 3.06. The maximum Gasteiger partial charge on any atom is 0.311 e. The number of esters is 1. The lowest BCUT2D eigenvalue weighted by atomic mass is 10.1. The quantitative estimate of drug-likeness (QED) is 0.428. The van der Waals surface area contributed by atoms with Crippen LogP contribution in [-0.4, -0.2) is 12.8 Å². The lowest BCUT2D eigenvalue weighted by molar-refractivity contribution is -0.134. The Balaban J connectivity index is 1.73. The summed E-state index contributed by atoms with van der Waals surface area (Å²) >= 11 is 0. The van der Waals surface area contributed by atoms with Crippen LogP contribution in [0.4, 0.5) is 0 Å². The molecule has 0 saturated carbocycles. The van der Waals surface area contributed by atoms with Crippen molar-refractivity contribution in [2.24, 2.45) is 0 Å². The first kappa shape index (κ1) is 13.7. The molecular weight excluding hydrogens is 244 g/mol. The average molecular weight is 264 g/mol. The largest absolute Gasteiger partial charge is 0.454 e. The molecular formula is C15H20O4. The Morgan fingerprint density at radius 1 is 1.16 bits per heavy atom. The number of benzene rings is 1. The maximum absolute atomic E-state index is 11.7. The minimum absolute atomic E-state index is 0.185. The Morgan fingerprint density at radius 2 is 1.95 bits per heavy atom. The van der Waals surface area contributed by atoms with Gasteiger partial charge in [-0.15, -0.1) is 0 Å². The van der Waals surface area contributed by atoms with Gasteiger partial charge in [-0.3, -0.25) is 4.79 Å². The highest BCUT2D eigenvalue weighted by Gasteiger charge is 2.14. The van der Waals surface area contributed by atoms with E-state index in [2.05, 4.69) is 6.92 Å². The van der Waals surface area contributed by atoms with Crippen molar-refractivity contribution in [3.8, 4) is 17.2 Å². The van der Waals surface area contributed by atoms with Gasteiger partial charge in [0, 0.05) is 12.5 Å².